The highest BCUT2D eigenvalue weighted by molar-refractivity contribution is 7.21. The van der Waals surface area contributed by atoms with Crippen molar-refractivity contribution in [1.82, 2.24) is 10.4 Å². The van der Waals surface area contributed by atoms with Gasteiger partial charge in [0.05, 0.1) is 16.4 Å². The molecule has 6 nitrogen and oxygen atoms in total. The number of thiazole rings is 1. The lowest BCUT2D eigenvalue weighted by Crippen LogP contribution is -2.29. The van der Waals surface area contributed by atoms with E-state index in [9.17, 15) is 4.79 Å². The van der Waals surface area contributed by atoms with Gasteiger partial charge >= 0.3 is 6.09 Å². The van der Waals surface area contributed by atoms with Crippen molar-refractivity contribution in [2.45, 2.75) is 26.4 Å². The third-order valence-corrected chi connectivity index (χ3v) is 3.93. The Bertz CT molecular complexity index is 857. The predicted molar refractivity (Wildman–Crippen MR) is 94.3 cm³/mol. The number of benzene rings is 1. The van der Waals surface area contributed by atoms with Crippen LogP contribution in [-0.4, -0.2) is 22.9 Å². The molecule has 3 aromatic rings. The van der Waals surface area contributed by atoms with Crippen LogP contribution < -0.4 is 5.43 Å². The third-order valence-electron chi connectivity index (χ3n) is 2.88. The van der Waals surface area contributed by atoms with Crippen LogP contribution in [0.15, 0.2) is 45.9 Å². The molecule has 1 aromatic carbocycles. The summed E-state index contributed by atoms with van der Waals surface area (Å²) in [6.07, 6.45) is 0.803. The van der Waals surface area contributed by atoms with Gasteiger partial charge in [0.15, 0.2) is 10.8 Å². The number of hydrogen-bond acceptors (Lipinski definition) is 6. The van der Waals surface area contributed by atoms with Crippen molar-refractivity contribution in [2.24, 2.45) is 5.10 Å². The van der Waals surface area contributed by atoms with Crippen LogP contribution in [0.5, 0.6) is 0 Å². The molecule has 124 valence electrons. The molecule has 0 bridgehead atoms. The van der Waals surface area contributed by atoms with Crippen LogP contribution in [-0.2, 0) is 4.74 Å². The molecule has 0 aliphatic carbocycles. The molecule has 2 aromatic heterocycles. The second-order valence-corrected chi connectivity index (χ2v) is 7.09. The molecule has 7 heteroatoms. The molecule has 1 amide bonds. The molecule has 0 aliphatic rings. The summed E-state index contributed by atoms with van der Waals surface area (Å²) in [4.78, 5) is 16.0. The Morgan fingerprint density at radius 3 is 2.83 bits per heavy atom. The first kappa shape index (κ1) is 16.2. The molecule has 0 aliphatic heterocycles. The number of furan rings is 1. The zero-order valence-corrected chi connectivity index (χ0v) is 14.4. The number of nitrogens with zero attached hydrogens (tertiary/aromatic N) is 2. The van der Waals surface area contributed by atoms with Gasteiger partial charge in [-0.15, -0.1) is 11.3 Å². The molecule has 2 heterocycles. The summed E-state index contributed by atoms with van der Waals surface area (Å²) in [5, 5.41) is 4.62. The molecule has 3 rings (SSSR count). The zero-order valence-electron chi connectivity index (χ0n) is 13.6. The van der Waals surface area contributed by atoms with Gasteiger partial charge in [-0.25, -0.2) is 15.2 Å². The van der Waals surface area contributed by atoms with Crippen LogP contribution in [0.2, 0.25) is 0 Å². The molecule has 0 atom stereocenters. The van der Waals surface area contributed by atoms with Crippen LogP contribution in [0.3, 0.4) is 0 Å². The minimum atomic E-state index is -0.614. The zero-order chi connectivity index (χ0) is 17.2. The van der Waals surface area contributed by atoms with Gasteiger partial charge < -0.3 is 9.15 Å². The Labute approximate surface area is 143 Å². The van der Waals surface area contributed by atoms with Gasteiger partial charge in [0, 0.05) is 0 Å². The largest absolute Gasteiger partial charge is 0.453 e. The highest BCUT2D eigenvalue weighted by Crippen LogP contribution is 2.30. The second kappa shape index (κ2) is 6.45. The quantitative estimate of drug-likeness (QED) is 0.564. The molecule has 0 spiro atoms. The first-order chi connectivity index (χ1) is 11.4. The first-order valence-electron chi connectivity index (χ1n) is 7.38. The average molecular weight is 343 g/mol. The van der Waals surface area contributed by atoms with E-state index in [1.807, 2.05) is 30.3 Å². The van der Waals surface area contributed by atoms with Crippen molar-refractivity contribution < 1.29 is 13.9 Å². The highest BCUT2D eigenvalue weighted by atomic mass is 32.1. The summed E-state index contributed by atoms with van der Waals surface area (Å²) < 4.78 is 11.9. The Hall–Kier alpha value is -2.67. The van der Waals surface area contributed by atoms with Gasteiger partial charge in [0.2, 0.25) is 0 Å². The molecule has 0 radical (unpaired) electrons. The topological polar surface area (TPSA) is 76.7 Å². The van der Waals surface area contributed by atoms with E-state index < -0.39 is 11.7 Å². The van der Waals surface area contributed by atoms with Gasteiger partial charge in [-0.3, -0.25) is 0 Å². The van der Waals surface area contributed by atoms with Crippen molar-refractivity contribution in [1.29, 1.82) is 0 Å². The number of carbonyl (C=O) groups excluding carboxylic acids is 1. The summed E-state index contributed by atoms with van der Waals surface area (Å²) in [6, 6.07) is 11.5. The molecule has 24 heavy (non-hydrogen) atoms. The van der Waals surface area contributed by atoms with E-state index in [1.165, 1.54) is 6.21 Å². The standard InChI is InChI=1S/C17H17N3O3S/c1-17(2,3)23-16(21)20-18-10-11-8-9-13(22-11)15-19-12-6-4-5-7-14(12)24-15/h4-10H,1-3H3,(H,20,21)/b18-10-. The Morgan fingerprint density at radius 2 is 2.08 bits per heavy atom. The van der Waals surface area contributed by atoms with Crippen LogP contribution in [0.4, 0.5) is 4.79 Å². The average Bonchev–Trinajstić information content (AvgIpc) is 3.11. The van der Waals surface area contributed by atoms with E-state index in [0.29, 0.717) is 11.5 Å². The first-order valence-corrected chi connectivity index (χ1v) is 8.20. The maximum atomic E-state index is 11.5. The van der Waals surface area contributed by atoms with Crippen LogP contribution in [0, 0.1) is 0 Å². The van der Waals surface area contributed by atoms with Crippen molar-refractivity contribution in [3.05, 3.63) is 42.2 Å². The molecule has 0 unspecified atom stereocenters. The van der Waals surface area contributed by atoms with E-state index in [4.69, 9.17) is 9.15 Å². The number of amides is 1. The minimum Gasteiger partial charge on any atom is -0.453 e. The molecule has 0 saturated heterocycles. The molecule has 1 N–H and O–H groups in total. The second-order valence-electron chi connectivity index (χ2n) is 6.06. The lowest BCUT2D eigenvalue weighted by Gasteiger charge is -2.18. The van der Waals surface area contributed by atoms with E-state index in [2.05, 4.69) is 15.5 Å². The van der Waals surface area contributed by atoms with Crippen LogP contribution >= 0.6 is 11.3 Å². The number of nitrogens with one attached hydrogen (secondary N) is 1. The summed E-state index contributed by atoms with van der Waals surface area (Å²) >= 11 is 1.56. The van der Waals surface area contributed by atoms with Gasteiger partial charge in [-0.05, 0) is 45.0 Å². The predicted octanol–water partition coefficient (Wildman–Crippen LogP) is 4.41. The number of aromatic nitrogens is 1. The summed E-state index contributed by atoms with van der Waals surface area (Å²) in [7, 11) is 0. The van der Waals surface area contributed by atoms with E-state index in [1.54, 1.807) is 38.2 Å². The Morgan fingerprint density at radius 1 is 1.29 bits per heavy atom. The maximum Gasteiger partial charge on any atom is 0.428 e. The lowest BCUT2D eigenvalue weighted by molar-refractivity contribution is 0.0529. The van der Waals surface area contributed by atoms with Gasteiger partial charge in [0.1, 0.15) is 11.4 Å². The Balaban J connectivity index is 1.67. The molecule has 0 fully saturated rings. The van der Waals surface area contributed by atoms with E-state index >= 15 is 0 Å². The molecule has 0 saturated carbocycles. The van der Waals surface area contributed by atoms with Gasteiger partial charge in [-0.1, -0.05) is 12.1 Å². The number of hydrogen-bond donors (Lipinski definition) is 1. The normalized spacial score (nSPS) is 12.0. The fourth-order valence-electron chi connectivity index (χ4n) is 1.96. The minimum absolute atomic E-state index is 0.514. The number of ether oxygens (including phenoxy) is 1. The van der Waals surface area contributed by atoms with Crippen LogP contribution in [0.25, 0.3) is 21.0 Å². The third kappa shape index (κ3) is 3.99. The van der Waals surface area contributed by atoms with Crippen molar-refractivity contribution >= 4 is 33.9 Å². The number of fused-ring (bicyclic) bond motifs is 1. The smallest absolute Gasteiger partial charge is 0.428 e. The lowest BCUT2D eigenvalue weighted by atomic mass is 10.2. The fourth-order valence-corrected chi connectivity index (χ4v) is 2.89. The van der Waals surface area contributed by atoms with Gasteiger partial charge in [0.25, 0.3) is 0 Å². The summed E-state index contributed by atoms with van der Waals surface area (Å²) in [6.45, 7) is 5.35. The van der Waals surface area contributed by atoms with E-state index in [-0.39, 0.29) is 0 Å². The summed E-state index contributed by atoms with van der Waals surface area (Å²) in [5.74, 6) is 1.18. The maximum absolute atomic E-state index is 11.5. The van der Waals surface area contributed by atoms with Crippen molar-refractivity contribution in [2.75, 3.05) is 0 Å². The Kier molecular flexibility index (Phi) is 4.35. The monoisotopic (exact) mass is 343 g/mol. The number of para-hydroxylation sites is 1. The number of hydrazone groups is 1. The number of rotatable bonds is 3. The van der Waals surface area contributed by atoms with Crippen LogP contribution in [0.1, 0.15) is 26.5 Å². The molecular formula is C17H17N3O3S. The van der Waals surface area contributed by atoms with Crippen molar-refractivity contribution in [3.8, 4) is 10.8 Å². The summed E-state index contributed by atoms with van der Waals surface area (Å²) in [5.41, 5.74) is 2.67. The van der Waals surface area contributed by atoms with Gasteiger partial charge in [-0.2, -0.15) is 5.10 Å². The van der Waals surface area contributed by atoms with E-state index in [0.717, 1.165) is 15.2 Å². The fraction of sp³-hybridized carbons (Fsp3) is 0.235. The highest BCUT2D eigenvalue weighted by Gasteiger charge is 2.15. The van der Waals surface area contributed by atoms with Crippen molar-refractivity contribution in [3.63, 3.8) is 0 Å². The molecular weight excluding hydrogens is 326 g/mol. The number of carbonyl (C=O) groups is 1. The SMILES string of the molecule is CC(C)(C)OC(=O)N/N=C\c1ccc(-c2nc3ccccc3s2)o1.